The van der Waals surface area contributed by atoms with Crippen molar-refractivity contribution in [1.29, 1.82) is 0 Å². The average molecular weight is 554 g/mol. The summed E-state index contributed by atoms with van der Waals surface area (Å²) in [6.45, 7) is 4.66. The van der Waals surface area contributed by atoms with Gasteiger partial charge in [-0.2, -0.15) is 4.98 Å². The molecule has 4 rings (SSSR count). The van der Waals surface area contributed by atoms with Gasteiger partial charge in [0.05, 0.1) is 41.4 Å². The number of esters is 1. The molecule has 0 bridgehead atoms. The summed E-state index contributed by atoms with van der Waals surface area (Å²) < 4.78 is 12.7. The lowest BCUT2D eigenvalue weighted by Crippen LogP contribution is -2.40. The van der Waals surface area contributed by atoms with Crippen LogP contribution >= 0.6 is 0 Å². The highest BCUT2D eigenvalue weighted by molar-refractivity contribution is 5.92. The molecule has 2 aromatic carbocycles. The Balaban J connectivity index is 0.000000371. The fourth-order valence-electron chi connectivity index (χ4n) is 4.23. The zero-order valence-corrected chi connectivity index (χ0v) is 23.4. The van der Waals surface area contributed by atoms with Crippen LogP contribution in [0.1, 0.15) is 58.9 Å². The molecule has 0 saturated carbocycles. The van der Waals surface area contributed by atoms with Crippen molar-refractivity contribution in [3.8, 4) is 6.01 Å². The van der Waals surface area contributed by atoms with Crippen LogP contribution in [0, 0.1) is 0 Å². The Morgan fingerprint density at radius 2 is 1.82 bits per heavy atom. The molecule has 40 heavy (non-hydrogen) atoms. The molecule has 0 aliphatic carbocycles. The summed E-state index contributed by atoms with van der Waals surface area (Å²) in [4.78, 5) is 40.6. The number of fused-ring (bicyclic) bond motifs is 1. The lowest BCUT2D eigenvalue weighted by atomic mass is 10.1. The first kappa shape index (κ1) is 30.6. The number of ether oxygens (including phenoxy) is 2. The van der Waals surface area contributed by atoms with Crippen LogP contribution in [-0.4, -0.2) is 83.8 Å². The second-order valence-corrected chi connectivity index (χ2v) is 9.82. The van der Waals surface area contributed by atoms with Gasteiger partial charge in [-0.25, -0.2) is 9.59 Å². The Morgan fingerprint density at radius 1 is 1.10 bits per heavy atom. The van der Waals surface area contributed by atoms with Gasteiger partial charge in [-0.15, -0.1) is 0 Å². The average Bonchev–Trinajstić information content (AvgIpc) is 3.08. The number of carbonyl (C=O) groups is 3. The van der Waals surface area contributed by atoms with Crippen molar-refractivity contribution < 1.29 is 29.0 Å². The van der Waals surface area contributed by atoms with E-state index in [-0.39, 0.29) is 23.5 Å². The van der Waals surface area contributed by atoms with Crippen LogP contribution in [0.15, 0.2) is 42.5 Å². The van der Waals surface area contributed by atoms with Crippen LogP contribution in [0.4, 0.5) is 0 Å². The van der Waals surface area contributed by atoms with Crippen molar-refractivity contribution in [2.45, 2.75) is 45.2 Å². The number of hydrogen-bond acceptors (Lipinski definition) is 8. The summed E-state index contributed by atoms with van der Waals surface area (Å²) >= 11 is 0. The number of benzene rings is 2. The minimum absolute atomic E-state index is 0.0671. The zero-order valence-electron chi connectivity index (χ0n) is 23.4. The molecule has 0 radical (unpaired) electrons. The SMILES string of the molecule is CCOc1nc2ccc(C(=O)O)cc2n1Cc1ccc(C(=O)OCCN(C)C)cc1.NC(=O)C1CCCCCN1. The van der Waals surface area contributed by atoms with Crippen LogP contribution in [-0.2, 0) is 16.1 Å². The number of nitrogens with two attached hydrogens (primary N) is 1. The number of nitrogens with one attached hydrogen (secondary N) is 1. The van der Waals surface area contributed by atoms with E-state index in [0.29, 0.717) is 48.9 Å². The Morgan fingerprint density at radius 3 is 2.48 bits per heavy atom. The van der Waals surface area contributed by atoms with Crippen LogP contribution < -0.4 is 15.8 Å². The van der Waals surface area contributed by atoms with Gasteiger partial charge in [-0.1, -0.05) is 25.0 Å². The van der Waals surface area contributed by atoms with Gasteiger partial charge in [0, 0.05) is 6.54 Å². The minimum Gasteiger partial charge on any atom is -0.478 e. The molecule has 1 amide bonds. The summed E-state index contributed by atoms with van der Waals surface area (Å²) in [6.07, 6.45) is 4.43. The van der Waals surface area contributed by atoms with E-state index in [1.807, 2.05) is 42.6 Å². The van der Waals surface area contributed by atoms with Crippen LogP contribution in [0.25, 0.3) is 11.0 Å². The third-order valence-electron chi connectivity index (χ3n) is 6.44. The summed E-state index contributed by atoms with van der Waals surface area (Å²) in [5.41, 5.74) is 8.04. The first-order valence-electron chi connectivity index (χ1n) is 13.5. The van der Waals surface area contributed by atoms with Crippen molar-refractivity contribution in [3.05, 3.63) is 59.2 Å². The molecule has 1 unspecified atom stereocenters. The molecule has 1 aliphatic heterocycles. The van der Waals surface area contributed by atoms with Gasteiger partial charge >= 0.3 is 11.9 Å². The second kappa shape index (κ2) is 15.0. The smallest absolute Gasteiger partial charge is 0.338 e. The van der Waals surface area contributed by atoms with E-state index in [0.717, 1.165) is 24.9 Å². The molecule has 1 fully saturated rings. The van der Waals surface area contributed by atoms with Gasteiger partial charge in [0.25, 0.3) is 6.01 Å². The van der Waals surface area contributed by atoms with Crippen LogP contribution in [0.2, 0.25) is 0 Å². The molecule has 11 nitrogen and oxygen atoms in total. The molecule has 3 aromatic rings. The van der Waals surface area contributed by atoms with E-state index in [9.17, 15) is 19.5 Å². The largest absolute Gasteiger partial charge is 0.478 e. The fraction of sp³-hybridized carbons (Fsp3) is 0.448. The van der Waals surface area contributed by atoms with E-state index in [1.54, 1.807) is 24.3 Å². The lowest BCUT2D eigenvalue weighted by molar-refractivity contribution is -0.120. The monoisotopic (exact) mass is 553 g/mol. The van der Waals surface area contributed by atoms with Gasteiger partial charge in [0.2, 0.25) is 5.91 Å². The third kappa shape index (κ3) is 8.78. The third-order valence-corrected chi connectivity index (χ3v) is 6.44. The summed E-state index contributed by atoms with van der Waals surface area (Å²) in [5, 5.41) is 12.4. The number of amides is 1. The van der Waals surface area contributed by atoms with E-state index in [1.165, 1.54) is 18.9 Å². The fourth-order valence-corrected chi connectivity index (χ4v) is 4.23. The van der Waals surface area contributed by atoms with Gasteiger partial charge in [0.1, 0.15) is 6.61 Å². The number of likely N-dealkylation sites (N-methyl/N-ethyl adjacent to an activating group) is 1. The minimum atomic E-state index is -1.00. The number of aromatic carboxylic acids is 1. The van der Waals surface area contributed by atoms with E-state index in [2.05, 4.69) is 10.3 Å². The van der Waals surface area contributed by atoms with Crippen molar-refractivity contribution in [1.82, 2.24) is 19.8 Å². The Bertz CT molecular complexity index is 1280. The number of aromatic nitrogens is 2. The standard InChI is InChI=1S/C22H25N3O5.C7H14N2O/c1-4-29-22-23-18-10-9-17(20(26)27)13-19(18)25(22)14-15-5-7-16(8-6-15)21(28)30-12-11-24(2)3;8-7(10)6-4-2-1-3-5-9-6/h5-10,13H,4,11-12,14H2,1-3H3,(H,26,27);6,9H,1-5H2,(H2,8,10). The molecule has 1 atom stereocenters. The number of primary amides is 1. The molecule has 2 heterocycles. The highest BCUT2D eigenvalue weighted by Crippen LogP contribution is 2.24. The number of nitrogens with zero attached hydrogens (tertiary/aromatic N) is 3. The topological polar surface area (TPSA) is 149 Å². The lowest BCUT2D eigenvalue weighted by Gasteiger charge is -2.11. The van der Waals surface area contributed by atoms with E-state index < -0.39 is 5.97 Å². The first-order chi connectivity index (χ1) is 19.2. The van der Waals surface area contributed by atoms with Crippen molar-refractivity contribution in [3.63, 3.8) is 0 Å². The van der Waals surface area contributed by atoms with Gasteiger partial charge < -0.3 is 30.5 Å². The Labute approximate surface area is 234 Å². The van der Waals surface area contributed by atoms with Crippen molar-refractivity contribution in [2.24, 2.45) is 5.73 Å². The van der Waals surface area contributed by atoms with Crippen molar-refractivity contribution in [2.75, 3.05) is 40.4 Å². The number of rotatable bonds is 10. The maximum atomic E-state index is 12.1. The predicted octanol–water partition coefficient (Wildman–Crippen LogP) is 2.90. The molecule has 11 heteroatoms. The first-order valence-corrected chi connectivity index (χ1v) is 13.5. The number of carboxylic acid groups (broad SMARTS) is 1. The number of hydrogen-bond donors (Lipinski definition) is 3. The van der Waals surface area contributed by atoms with E-state index in [4.69, 9.17) is 15.2 Å². The maximum absolute atomic E-state index is 12.1. The number of carbonyl (C=O) groups excluding carboxylic acids is 2. The summed E-state index contributed by atoms with van der Waals surface area (Å²) in [5.74, 6) is -1.57. The number of imidazole rings is 1. The highest BCUT2D eigenvalue weighted by atomic mass is 16.5. The highest BCUT2D eigenvalue weighted by Gasteiger charge is 2.16. The van der Waals surface area contributed by atoms with Gasteiger partial charge in [-0.3, -0.25) is 9.36 Å². The van der Waals surface area contributed by atoms with E-state index >= 15 is 0 Å². The molecule has 1 saturated heterocycles. The molecule has 1 aliphatic rings. The second-order valence-electron chi connectivity index (χ2n) is 9.82. The summed E-state index contributed by atoms with van der Waals surface area (Å²) in [7, 11) is 3.83. The van der Waals surface area contributed by atoms with Crippen LogP contribution in [0.5, 0.6) is 6.01 Å². The summed E-state index contributed by atoms with van der Waals surface area (Å²) in [6, 6.07) is 12.2. The molecule has 4 N–H and O–H groups in total. The van der Waals surface area contributed by atoms with Crippen molar-refractivity contribution >= 4 is 28.9 Å². The maximum Gasteiger partial charge on any atom is 0.338 e. The van der Waals surface area contributed by atoms with Gasteiger partial charge in [-0.05, 0) is 76.3 Å². The van der Waals surface area contributed by atoms with Gasteiger partial charge in [0.15, 0.2) is 0 Å². The zero-order chi connectivity index (χ0) is 29.1. The predicted molar refractivity (Wildman–Crippen MR) is 152 cm³/mol. The molecular weight excluding hydrogens is 514 g/mol. The quantitative estimate of drug-likeness (QED) is 0.322. The molecule has 1 aromatic heterocycles. The number of carboxylic acids is 1. The Hall–Kier alpha value is -3.96. The normalized spacial score (nSPS) is 15.2. The van der Waals surface area contributed by atoms with Crippen LogP contribution in [0.3, 0.4) is 0 Å². The molecular formula is C29H39N5O6. The molecule has 216 valence electrons. The molecule has 0 spiro atoms. The Kier molecular flexibility index (Phi) is 11.5.